The molecule has 1 aliphatic rings. The van der Waals surface area contributed by atoms with Crippen LogP contribution in [0, 0.1) is 13.8 Å². The van der Waals surface area contributed by atoms with Crippen molar-refractivity contribution >= 4 is 65.4 Å². The number of halogens is 2. The highest BCUT2D eigenvalue weighted by Gasteiger charge is 2.45. The van der Waals surface area contributed by atoms with Crippen LogP contribution in [-0.2, 0) is 38.1 Å². The standard InChI is InChI=1S/C21H24I2O8S2/c1-14-3-7-16(8-4-14)32(24,25)30-20-18(11-22)28-13-29-19(12-23)21(20)31-33(26,27)17-9-5-15(2)6-10-17/h3-10,18-21H,11-13H2,1-2H3. The molecule has 4 atom stereocenters. The molecule has 1 fully saturated rings. The Hall–Kier alpha value is -0.360. The van der Waals surface area contributed by atoms with Gasteiger partial charge < -0.3 is 9.47 Å². The van der Waals surface area contributed by atoms with Crippen LogP contribution in [-0.4, -0.2) is 56.9 Å². The summed E-state index contributed by atoms with van der Waals surface area (Å²) in [6.45, 7) is 3.53. The predicted octanol–water partition coefficient (Wildman–Crippen LogP) is 3.76. The summed E-state index contributed by atoms with van der Waals surface area (Å²) >= 11 is 4.06. The van der Waals surface area contributed by atoms with E-state index >= 15 is 0 Å². The molecule has 12 heteroatoms. The maximum absolute atomic E-state index is 13.1. The zero-order valence-electron chi connectivity index (χ0n) is 17.9. The lowest BCUT2D eigenvalue weighted by atomic mass is 10.1. The molecular formula is C21H24I2O8S2. The number of ether oxygens (including phenoxy) is 2. The zero-order chi connectivity index (χ0) is 24.2. The quantitative estimate of drug-likeness (QED) is 0.231. The summed E-state index contributed by atoms with van der Waals surface area (Å²) < 4.78 is 75.5. The highest BCUT2D eigenvalue weighted by molar-refractivity contribution is 14.1. The Bertz CT molecular complexity index is 1040. The van der Waals surface area contributed by atoms with Gasteiger partial charge in [-0.15, -0.1) is 0 Å². The fourth-order valence-corrected chi connectivity index (χ4v) is 6.86. The van der Waals surface area contributed by atoms with E-state index in [1.165, 1.54) is 24.3 Å². The molecule has 4 unspecified atom stereocenters. The summed E-state index contributed by atoms with van der Waals surface area (Å²) in [7, 11) is -8.48. The van der Waals surface area contributed by atoms with Crippen molar-refractivity contribution in [3.8, 4) is 0 Å². The second-order valence-electron chi connectivity index (χ2n) is 7.49. The van der Waals surface area contributed by atoms with E-state index in [2.05, 4.69) is 0 Å². The van der Waals surface area contributed by atoms with Crippen LogP contribution < -0.4 is 0 Å². The molecule has 0 saturated carbocycles. The predicted molar refractivity (Wildman–Crippen MR) is 139 cm³/mol. The molecule has 0 aromatic heterocycles. The number of alkyl halides is 2. The van der Waals surface area contributed by atoms with Crippen LogP contribution in [0.4, 0.5) is 0 Å². The summed E-state index contributed by atoms with van der Waals surface area (Å²) in [4.78, 5) is -0.0896. The Morgan fingerprint density at radius 3 is 1.36 bits per heavy atom. The highest BCUT2D eigenvalue weighted by atomic mass is 127. The van der Waals surface area contributed by atoms with Crippen molar-refractivity contribution < 1.29 is 34.7 Å². The summed E-state index contributed by atoms with van der Waals surface area (Å²) in [5, 5.41) is 0. The van der Waals surface area contributed by atoms with Gasteiger partial charge in [-0.2, -0.15) is 16.8 Å². The van der Waals surface area contributed by atoms with Crippen molar-refractivity contribution in [3.05, 3.63) is 59.7 Å². The van der Waals surface area contributed by atoms with E-state index in [1.54, 1.807) is 24.3 Å². The van der Waals surface area contributed by atoms with E-state index in [1.807, 2.05) is 59.0 Å². The van der Waals surface area contributed by atoms with Crippen molar-refractivity contribution in [3.63, 3.8) is 0 Å². The first-order valence-electron chi connectivity index (χ1n) is 9.92. The Kier molecular flexibility index (Phi) is 9.56. The van der Waals surface area contributed by atoms with Crippen LogP contribution >= 0.6 is 45.2 Å². The lowest BCUT2D eigenvalue weighted by Gasteiger charge is -2.31. The normalized spacial score (nSPS) is 24.4. The molecule has 0 spiro atoms. The minimum atomic E-state index is -4.24. The van der Waals surface area contributed by atoms with Crippen LogP contribution in [0.2, 0.25) is 0 Å². The third-order valence-corrected chi connectivity index (χ3v) is 9.41. The molecule has 1 saturated heterocycles. The molecule has 1 heterocycles. The van der Waals surface area contributed by atoms with Crippen LogP contribution in [0.3, 0.4) is 0 Å². The van der Waals surface area contributed by atoms with Crippen LogP contribution in [0.5, 0.6) is 0 Å². The SMILES string of the molecule is Cc1ccc(S(=O)(=O)OC2C(CI)OCOC(CI)C2OS(=O)(=O)c2ccc(C)cc2)cc1. The van der Waals surface area contributed by atoms with Crippen molar-refractivity contribution in [2.24, 2.45) is 0 Å². The number of hydrogen-bond donors (Lipinski definition) is 0. The van der Waals surface area contributed by atoms with Gasteiger partial charge in [-0.25, -0.2) is 0 Å². The topological polar surface area (TPSA) is 105 Å². The second kappa shape index (κ2) is 11.6. The van der Waals surface area contributed by atoms with Crippen molar-refractivity contribution in [1.29, 1.82) is 0 Å². The first kappa shape index (κ1) is 27.2. The van der Waals surface area contributed by atoms with E-state index < -0.39 is 44.7 Å². The maximum Gasteiger partial charge on any atom is 0.297 e. The third kappa shape index (κ3) is 6.86. The molecule has 33 heavy (non-hydrogen) atoms. The zero-order valence-corrected chi connectivity index (χ0v) is 23.8. The van der Waals surface area contributed by atoms with Crippen molar-refractivity contribution in [2.75, 3.05) is 15.6 Å². The van der Waals surface area contributed by atoms with Crippen LogP contribution in [0.15, 0.2) is 58.3 Å². The summed E-state index contributed by atoms with van der Waals surface area (Å²) in [6.07, 6.45) is -4.07. The van der Waals surface area contributed by atoms with Gasteiger partial charge in [0, 0.05) is 8.86 Å². The number of rotatable bonds is 8. The van der Waals surface area contributed by atoms with Gasteiger partial charge in [0.1, 0.15) is 19.0 Å². The van der Waals surface area contributed by atoms with Gasteiger partial charge in [-0.3, -0.25) is 8.37 Å². The van der Waals surface area contributed by atoms with Gasteiger partial charge in [0.15, 0.2) is 0 Å². The summed E-state index contributed by atoms with van der Waals surface area (Å²) in [5.74, 6) is 0. The van der Waals surface area contributed by atoms with Gasteiger partial charge in [0.05, 0.1) is 22.0 Å². The van der Waals surface area contributed by atoms with Gasteiger partial charge in [-0.05, 0) is 38.1 Å². The molecule has 0 N–H and O–H groups in total. The maximum atomic E-state index is 13.1. The van der Waals surface area contributed by atoms with E-state index in [0.29, 0.717) is 8.86 Å². The fourth-order valence-electron chi connectivity index (χ4n) is 3.14. The van der Waals surface area contributed by atoms with Crippen LogP contribution in [0.25, 0.3) is 0 Å². The molecule has 0 radical (unpaired) electrons. The smallest absolute Gasteiger partial charge is 0.297 e. The average Bonchev–Trinajstić information content (AvgIpc) is 2.92. The van der Waals surface area contributed by atoms with Crippen LogP contribution in [0.1, 0.15) is 11.1 Å². The monoisotopic (exact) mass is 722 g/mol. The Morgan fingerprint density at radius 1 is 0.727 bits per heavy atom. The van der Waals surface area contributed by atoms with E-state index in [0.717, 1.165) is 11.1 Å². The molecule has 2 aromatic rings. The van der Waals surface area contributed by atoms with Gasteiger partial charge >= 0.3 is 0 Å². The molecular weight excluding hydrogens is 698 g/mol. The number of aryl methyl sites for hydroxylation is 2. The molecule has 0 bridgehead atoms. The fraction of sp³-hybridized carbons (Fsp3) is 0.429. The molecule has 3 rings (SSSR count). The van der Waals surface area contributed by atoms with E-state index in [4.69, 9.17) is 17.8 Å². The number of hydrogen-bond acceptors (Lipinski definition) is 8. The molecule has 182 valence electrons. The van der Waals surface area contributed by atoms with Crippen molar-refractivity contribution in [1.82, 2.24) is 0 Å². The first-order valence-corrected chi connectivity index (χ1v) is 15.8. The lowest BCUT2D eigenvalue weighted by molar-refractivity contribution is -0.0912. The Labute approximate surface area is 221 Å². The molecule has 0 amide bonds. The average molecular weight is 722 g/mol. The largest absolute Gasteiger partial charge is 0.349 e. The summed E-state index contributed by atoms with van der Waals surface area (Å²) in [5.41, 5.74) is 1.78. The first-order chi connectivity index (χ1) is 15.6. The van der Waals surface area contributed by atoms with Gasteiger partial charge in [-0.1, -0.05) is 80.6 Å². The molecule has 8 nitrogen and oxygen atoms in total. The molecule has 2 aromatic carbocycles. The second-order valence-corrected chi connectivity index (χ2v) is 12.4. The Balaban J connectivity index is 1.99. The van der Waals surface area contributed by atoms with E-state index in [9.17, 15) is 16.8 Å². The van der Waals surface area contributed by atoms with Crippen molar-refractivity contribution in [2.45, 2.75) is 48.1 Å². The summed E-state index contributed by atoms with van der Waals surface area (Å²) in [6, 6.07) is 12.4. The van der Waals surface area contributed by atoms with Gasteiger partial charge in [0.25, 0.3) is 20.2 Å². The van der Waals surface area contributed by atoms with E-state index in [-0.39, 0.29) is 16.6 Å². The minimum Gasteiger partial charge on any atom is -0.349 e. The minimum absolute atomic E-state index is 0.0448. The molecule has 1 aliphatic heterocycles. The molecule has 0 aliphatic carbocycles. The third-order valence-electron chi connectivity index (χ3n) is 5.02. The Morgan fingerprint density at radius 2 is 1.06 bits per heavy atom. The lowest BCUT2D eigenvalue weighted by Crippen LogP contribution is -2.49. The highest BCUT2D eigenvalue weighted by Crippen LogP contribution is 2.30. The van der Waals surface area contributed by atoms with Gasteiger partial charge in [0.2, 0.25) is 0 Å². The number of benzene rings is 2.